The Labute approximate surface area is 65.1 Å². The molecule has 0 aliphatic rings. The number of aromatic hydroxyl groups is 2. The maximum atomic E-state index is 12.0. The van der Waals surface area contributed by atoms with Crippen molar-refractivity contribution < 1.29 is 19.0 Å². The van der Waals surface area contributed by atoms with Crippen molar-refractivity contribution in [2.45, 2.75) is 6.43 Å². The lowest BCUT2D eigenvalue weighted by molar-refractivity contribution is 0.144. The van der Waals surface area contributed by atoms with Crippen LogP contribution in [0.1, 0.15) is 12.0 Å². The molecular formula is C6H5F2NO3. The summed E-state index contributed by atoms with van der Waals surface area (Å²) in [6.45, 7) is 0. The lowest BCUT2D eigenvalue weighted by Gasteiger charge is -2.02. The summed E-state index contributed by atoms with van der Waals surface area (Å²) in [6.07, 6.45) is -2.37. The molecule has 0 radical (unpaired) electrons. The van der Waals surface area contributed by atoms with Gasteiger partial charge in [-0.15, -0.1) is 0 Å². The van der Waals surface area contributed by atoms with Gasteiger partial charge in [-0.3, -0.25) is 4.79 Å². The second kappa shape index (κ2) is 2.80. The van der Waals surface area contributed by atoms with Gasteiger partial charge >= 0.3 is 0 Å². The summed E-state index contributed by atoms with van der Waals surface area (Å²) in [7, 11) is 0. The van der Waals surface area contributed by atoms with Crippen LogP contribution in [0.3, 0.4) is 0 Å². The van der Waals surface area contributed by atoms with Gasteiger partial charge in [0, 0.05) is 6.20 Å². The number of alkyl halides is 2. The van der Waals surface area contributed by atoms with E-state index in [2.05, 4.69) is 0 Å². The first kappa shape index (κ1) is 8.51. The van der Waals surface area contributed by atoms with Gasteiger partial charge in [0.1, 0.15) is 5.56 Å². The van der Waals surface area contributed by atoms with Crippen LogP contribution >= 0.6 is 0 Å². The van der Waals surface area contributed by atoms with Crippen molar-refractivity contribution in [2.75, 3.05) is 0 Å². The average molecular weight is 177 g/mol. The third-order valence-electron chi connectivity index (χ3n) is 1.30. The Hall–Kier alpha value is -1.59. The Morgan fingerprint density at radius 3 is 2.42 bits per heavy atom. The van der Waals surface area contributed by atoms with Gasteiger partial charge < -0.3 is 15.2 Å². The van der Waals surface area contributed by atoms with Gasteiger partial charge in [0.2, 0.25) is 0 Å². The Bertz CT molecular complexity index is 347. The lowest BCUT2D eigenvalue weighted by Crippen LogP contribution is -2.11. The quantitative estimate of drug-likeness (QED) is 0.591. The normalized spacial score (nSPS) is 10.6. The first-order valence-corrected chi connectivity index (χ1v) is 2.95. The van der Waals surface area contributed by atoms with Gasteiger partial charge in [-0.1, -0.05) is 0 Å². The van der Waals surface area contributed by atoms with E-state index in [9.17, 15) is 13.6 Å². The van der Waals surface area contributed by atoms with Crippen molar-refractivity contribution in [1.82, 2.24) is 4.98 Å². The SMILES string of the molecule is O=c1[nH]cc(O)c(O)c1C(F)F. The summed E-state index contributed by atoms with van der Waals surface area (Å²) in [5.41, 5.74) is -2.23. The number of H-pyrrole nitrogens is 1. The molecule has 66 valence electrons. The molecule has 0 amide bonds. The van der Waals surface area contributed by atoms with Crippen LogP contribution in [0.4, 0.5) is 8.78 Å². The molecule has 0 unspecified atom stereocenters. The van der Waals surface area contributed by atoms with Crippen molar-refractivity contribution in [2.24, 2.45) is 0 Å². The van der Waals surface area contributed by atoms with Gasteiger partial charge in [0.25, 0.3) is 12.0 Å². The monoisotopic (exact) mass is 177 g/mol. The number of rotatable bonds is 1. The number of halogens is 2. The van der Waals surface area contributed by atoms with Gasteiger partial charge in [-0.25, -0.2) is 8.78 Å². The molecule has 0 bridgehead atoms. The van der Waals surface area contributed by atoms with Gasteiger partial charge in [0.15, 0.2) is 11.5 Å². The number of nitrogens with one attached hydrogen (secondary N) is 1. The molecular weight excluding hydrogens is 172 g/mol. The molecule has 12 heavy (non-hydrogen) atoms. The largest absolute Gasteiger partial charge is 0.504 e. The minimum absolute atomic E-state index is 0.740. The zero-order chi connectivity index (χ0) is 9.30. The van der Waals surface area contributed by atoms with Gasteiger partial charge in [-0.2, -0.15) is 0 Å². The summed E-state index contributed by atoms with van der Waals surface area (Å²) in [6, 6.07) is 0. The van der Waals surface area contributed by atoms with E-state index >= 15 is 0 Å². The first-order chi connectivity index (χ1) is 5.54. The molecule has 1 aromatic rings. The van der Waals surface area contributed by atoms with Crippen LogP contribution in [0.5, 0.6) is 11.5 Å². The Morgan fingerprint density at radius 1 is 1.42 bits per heavy atom. The van der Waals surface area contributed by atoms with Crippen molar-refractivity contribution in [3.05, 3.63) is 22.1 Å². The van der Waals surface area contributed by atoms with Crippen LogP contribution in [-0.4, -0.2) is 15.2 Å². The smallest absolute Gasteiger partial charge is 0.272 e. The van der Waals surface area contributed by atoms with E-state index in [-0.39, 0.29) is 0 Å². The van der Waals surface area contributed by atoms with Crippen LogP contribution in [-0.2, 0) is 0 Å². The molecule has 0 atom stereocenters. The molecule has 1 aromatic heterocycles. The van der Waals surface area contributed by atoms with Gasteiger partial charge in [0.05, 0.1) is 0 Å². The first-order valence-electron chi connectivity index (χ1n) is 2.95. The van der Waals surface area contributed by atoms with E-state index in [0.717, 1.165) is 6.20 Å². The molecule has 0 saturated carbocycles. The lowest BCUT2D eigenvalue weighted by atomic mass is 10.2. The maximum absolute atomic E-state index is 12.0. The summed E-state index contributed by atoms with van der Waals surface area (Å²) in [5, 5.41) is 17.5. The van der Waals surface area contributed by atoms with Crippen molar-refractivity contribution >= 4 is 0 Å². The van der Waals surface area contributed by atoms with Crippen LogP contribution in [0.25, 0.3) is 0 Å². The topological polar surface area (TPSA) is 73.3 Å². The van der Waals surface area contributed by atoms with E-state index in [0.29, 0.717) is 0 Å². The number of hydrogen-bond acceptors (Lipinski definition) is 3. The second-order valence-corrected chi connectivity index (χ2v) is 2.07. The highest BCUT2D eigenvalue weighted by Crippen LogP contribution is 2.30. The van der Waals surface area contributed by atoms with Crippen LogP contribution < -0.4 is 5.56 Å². The van der Waals surface area contributed by atoms with E-state index < -0.39 is 29.0 Å². The number of hydrogen-bond donors (Lipinski definition) is 3. The summed E-state index contributed by atoms with van der Waals surface area (Å²) in [5.74, 6) is -1.85. The summed E-state index contributed by atoms with van der Waals surface area (Å²) in [4.78, 5) is 12.5. The Morgan fingerprint density at radius 2 is 2.00 bits per heavy atom. The molecule has 0 fully saturated rings. The highest BCUT2D eigenvalue weighted by Gasteiger charge is 2.19. The third kappa shape index (κ3) is 1.23. The Kier molecular flexibility index (Phi) is 1.99. The fraction of sp³-hybridized carbons (Fsp3) is 0.167. The predicted octanol–water partition coefficient (Wildman–Crippen LogP) is 0.724. The number of aromatic nitrogens is 1. The average Bonchev–Trinajstić information content (AvgIpc) is 1.97. The molecule has 1 heterocycles. The molecule has 4 nitrogen and oxygen atoms in total. The highest BCUT2D eigenvalue weighted by atomic mass is 19.3. The highest BCUT2D eigenvalue weighted by molar-refractivity contribution is 5.41. The molecule has 0 aliphatic heterocycles. The molecule has 0 aromatic carbocycles. The van der Waals surface area contributed by atoms with E-state index in [1.165, 1.54) is 0 Å². The van der Waals surface area contributed by atoms with Crippen molar-refractivity contribution in [3.8, 4) is 11.5 Å². The minimum atomic E-state index is -3.11. The van der Waals surface area contributed by atoms with E-state index in [1.54, 1.807) is 0 Å². The zero-order valence-corrected chi connectivity index (χ0v) is 5.71. The summed E-state index contributed by atoms with van der Waals surface area (Å²) >= 11 is 0. The van der Waals surface area contributed by atoms with Crippen molar-refractivity contribution in [1.29, 1.82) is 0 Å². The molecule has 3 N–H and O–H groups in total. The molecule has 0 spiro atoms. The van der Waals surface area contributed by atoms with E-state index in [4.69, 9.17) is 10.2 Å². The molecule has 6 heteroatoms. The number of pyridine rings is 1. The van der Waals surface area contributed by atoms with Gasteiger partial charge in [-0.05, 0) is 0 Å². The molecule has 1 rings (SSSR count). The van der Waals surface area contributed by atoms with E-state index in [1.807, 2.05) is 4.98 Å². The molecule has 0 aliphatic carbocycles. The van der Waals surface area contributed by atoms with Crippen LogP contribution in [0.2, 0.25) is 0 Å². The van der Waals surface area contributed by atoms with Crippen LogP contribution in [0, 0.1) is 0 Å². The third-order valence-corrected chi connectivity index (χ3v) is 1.30. The van der Waals surface area contributed by atoms with Crippen LogP contribution in [0.15, 0.2) is 11.0 Å². The predicted molar refractivity (Wildman–Crippen MR) is 35.3 cm³/mol. The maximum Gasteiger partial charge on any atom is 0.272 e. The fourth-order valence-corrected chi connectivity index (χ4v) is 0.728. The standard InChI is InChI=1S/C6H5F2NO3/c7-5(8)3-4(11)2(10)1-9-6(3)12/h1,5,10H,(H2,9,11,12). The summed E-state index contributed by atoms with van der Waals surface area (Å²) < 4.78 is 24.0. The zero-order valence-electron chi connectivity index (χ0n) is 5.71. The second-order valence-electron chi connectivity index (χ2n) is 2.07. The Balaban J connectivity index is 3.43. The fourth-order valence-electron chi connectivity index (χ4n) is 0.728. The minimum Gasteiger partial charge on any atom is -0.504 e. The number of aromatic amines is 1. The van der Waals surface area contributed by atoms with Crippen molar-refractivity contribution in [3.63, 3.8) is 0 Å². The molecule has 0 saturated heterocycles.